The van der Waals surface area contributed by atoms with Crippen molar-refractivity contribution in [3.63, 3.8) is 0 Å². The van der Waals surface area contributed by atoms with Gasteiger partial charge in [-0.05, 0) is 18.2 Å². The van der Waals surface area contributed by atoms with Gasteiger partial charge in [0.05, 0.1) is 5.56 Å². The molecule has 0 atom stereocenters. The second-order valence-electron chi connectivity index (χ2n) is 4.31. The third-order valence-electron chi connectivity index (χ3n) is 3.05. The SMILES string of the molecule is N#Cc1cccc(CNc2ccc3c(c2)OCO3)c1F. The Morgan fingerprint density at radius 1 is 1.20 bits per heavy atom. The molecule has 2 aromatic carbocycles. The Labute approximate surface area is 115 Å². The quantitative estimate of drug-likeness (QED) is 0.931. The molecule has 4 nitrogen and oxygen atoms in total. The lowest BCUT2D eigenvalue weighted by molar-refractivity contribution is 0.174. The number of fused-ring (bicyclic) bond motifs is 1. The number of hydrogen-bond donors (Lipinski definition) is 1. The van der Waals surface area contributed by atoms with Crippen LogP contribution >= 0.6 is 0 Å². The molecular weight excluding hydrogens is 259 g/mol. The molecule has 1 aliphatic rings. The molecule has 0 spiro atoms. The van der Waals surface area contributed by atoms with Crippen molar-refractivity contribution in [3.05, 3.63) is 53.3 Å². The molecular formula is C15H11FN2O2. The van der Waals surface area contributed by atoms with Gasteiger partial charge in [-0.3, -0.25) is 0 Å². The van der Waals surface area contributed by atoms with Crippen LogP contribution in [-0.2, 0) is 6.54 Å². The van der Waals surface area contributed by atoms with E-state index in [2.05, 4.69) is 5.32 Å². The first kappa shape index (κ1) is 12.3. The van der Waals surface area contributed by atoms with Crippen molar-refractivity contribution in [1.82, 2.24) is 0 Å². The van der Waals surface area contributed by atoms with E-state index in [1.807, 2.05) is 12.1 Å². The van der Waals surface area contributed by atoms with E-state index in [9.17, 15) is 4.39 Å². The standard InChI is InChI=1S/C15H11FN2O2/c16-15-10(7-17)2-1-3-11(15)8-18-12-4-5-13-14(6-12)20-9-19-13/h1-6,18H,8-9H2. The van der Waals surface area contributed by atoms with E-state index < -0.39 is 5.82 Å². The third-order valence-corrected chi connectivity index (χ3v) is 3.05. The van der Waals surface area contributed by atoms with E-state index in [1.165, 1.54) is 6.07 Å². The summed E-state index contributed by atoms with van der Waals surface area (Å²) in [5, 5.41) is 11.9. The van der Waals surface area contributed by atoms with Gasteiger partial charge in [0.1, 0.15) is 11.9 Å². The Balaban J connectivity index is 1.76. The van der Waals surface area contributed by atoms with Crippen LogP contribution in [0, 0.1) is 17.1 Å². The van der Waals surface area contributed by atoms with Gasteiger partial charge in [0, 0.05) is 23.9 Å². The topological polar surface area (TPSA) is 54.3 Å². The zero-order valence-corrected chi connectivity index (χ0v) is 10.5. The average molecular weight is 270 g/mol. The third kappa shape index (κ3) is 2.24. The highest BCUT2D eigenvalue weighted by molar-refractivity contribution is 5.55. The first-order chi connectivity index (χ1) is 9.78. The van der Waals surface area contributed by atoms with Crippen LogP contribution < -0.4 is 14.8 Å². The van der Waals surface area contributed by atoms with E-state index in [1.54, 1.807) is 24.3 Å². The minimum atomic E-state index is -0.483. The fourth-order valence-corrected chi connectivity index (χ4v) is 2.01. The Morgan fingerprint density at radius 3 is 2.90 bits per heavy atom. The number of nitrogens with one attached hydrogen (secondary N) is 1. The van der Waals surface area contributed by atoms with Gasteiger partial charge >= 0.3 is 0 Å². The molecule has 0 aromatic heterocycles. The van der Waals surface area contributed by atoms with Crippen molar-refractivity contribution in [2.45, 2.75) is 6.54 Å². The summed E-state index contributed by atoms with van der Waals surface area (Å²) in [5.41, 5.74) is 1.30. The molecule has 3 rings (SSSR count). The minimum absolute atomic E-state index is 0.0509. The van der Waals surface area contributed by atoms with Crippen molar-refractivity contribution < 1.29 is 13.9 Å². The smallest absolute Gasteiger partial charge is 0.231 e. The molecule has 5 heteroatoms. The Hall–Kier alpha value is -2.74. The van der Waals surface area contributed by atoms with Gasteiger partial charge in [-0.1, -0.05) is 12.1 Å². The number of nitriles is 1. The average Bonchev–Trinajstić information content (AvgIpc) is 2.93. The number of nitrogens with zero attached hydrogens (tertiary/aromatic N) is 1. The molecule has 100 valence electrons. The molecule has 0 saturated carbocycles. The van der Waals surface area contributed by atoms with Gasteiger partial charge in [0.2, 0.25) is 6.79 Å². The second kappa shape index (κ2) is 5.10. The van der Waals surface area contributed by atoms with E-state index in [4.69, 9.17) is 14.7 Å². The molecule has 1 aliphatic heterocycles. The molecule has 0 saturated heterocycles. The predicted molar refractivity (Wildman–Crippen MR) is 71.0 cm³/mol. The van der Waals surface area contributed by atoms with Crippen LogP contribution in [0.4, 0.5) is 10.1 Å². The van der Waals surface area contributed by atoms with E-state index in [0.29, 0.717) is 23.6 Å². The van der Waals surface area contributed by atoms with Crippen molar-refractivity contribution in [2.75, 3.05) is 12.1 Å². The highest BCUT2D eigenvalue weighted by atomic mass is 19.1. The van der Waals surface area contributed by atoms with Crippen LogP contribution in [0.3, 0.4) is 0 Å². The Kier molecular flexibility index (Phi) is 3.13. The molecule has 0 aliphatic carbocycles. The van der Waals surface area contributed by atoms with Crippen LogP contribution in [0.25, 0.3) is 0 Å². The van der Waals surface area contributed by atoms with Crippen molar-refractivity contribution >= 4 is 5.69 Å². The lowest BCUT2D eigenvalue weighted by Gasteiger charge is -2.08. The zero-order valence-electron chi connectivity index (χ0n) is 10.5. The lowest BCUT2D eigenvalue weighted by atomic mass is 10.1. The highest BCUT2D eigenvalue weighted by Gasteiger charge is 2.13. The van der Waals surface area contributed by atoms with Gasteiger partial charge in [-0.15, -0.1) is 0 Å². The number of rotatable bonds is 3. The summed E-state index contributed by atoms with van der Waals surface area (Å²) in [6.07, 6.45) is 0. The normalized spacial score (nSPS) is 12.0. The summed E-state index contributed by atoms with van der Waals surface area (Å²) in [6.45, 7) is 0.513. The molecule has 2 aromatic rings. The number of hydrogen-bond acceptors (Lipinski definition) is 4. The maximum absolute atomic E-state index is 13.9. The predicted octanol–water partition coefficient (Wildman–Crippen LogP) is 3.04. The molecule has 20 heavy (non-hydrogen) atoms. The lowest BCUT2D eigenvalue weighted by Crippen LogP contribution is -2.03. The van der Waals surface area contributed by atoms with Crippen LogP contribution in [0.2, 0.25) is 0 Å². The molecule has 1 heterocycles. The number of halogens is 1. The summed E-state index contributed by atoms with van der Waals surface area (Å²) in [7, 11) is 0. The van der Waals surface area contributed by atoms with Crippen LogP contribution in [-0.4, -0.2) is 6.79 Å². The largest absolute Gasteiger partial charge is 0.454 e. The summed E-state index contributed by atoms with van der Waals surface area (Å²) in [6, 6.07) is 12.0. The van der Waals surface area contributed by atoms with Crippen molar-refractivity contribution in [3.8, 4) is 17.6 Å². The van der Waals surface area contributed by atoms with Gasteiger partial charge in [-0.25, -0.2) is 4.39 Å². The first-order valence-electron chi connectivity index (χ1n) is 6.09. The first-order valence-corrected chi connectivity index (χ1v) is 6.09. The highest BCUT2D eigenvalue weighted by Crippen LogP contribution is 2.34. The van der Waals surface area contributed by atoms with E-state index >= 15 is 0 Å². The summed E-state index contributed by atoms with van der Waals surface area (Å²) in [5.74, 6) is 0.887. The summed E-state index contributed by atoms with van der Waals surface area (Å²) in [4.78, 5) is 0. The van der Waals surface area contributed by atoms with Crippen LogP contribution in [0.5, 0.6) is 11.5 Å². The van der Waals surface area contributed by atoms with Gasteiger partial charge in [-0.2, -0.15) is 5.26 Å². The Morgan fingerprint density at radius 2 is 2.05 bits per heavy atom. The molecule has 0 unspecified atom stereocenters. The van der Waals surface area contributed by atoms with Crippen LogP contribution in [0.15, 0.2) is 36.4 Å². The molecule has 0 radical (unpaired) electrons. The molecule has 1 N–H and O–H groups in total. The summed E-state index contributed by atoms with van der Waals surface area (Å²) < 4.78 is 24.4. The van der Waals surface area contributed by atoms with Crippen molar-refractivity contribution in [1.29, 1.82) is 5.26 Å². The zero-order chi connectivity index (χ0) is 13.9. The number of anilines is 1. The fraction of sp³-hybridized carbons (Fsp3) is 0.133. The minimum Gasteiger partial charge on any atom is -0.454 e. The Bertz CT molecular complexity index is 695. The van der Waals surface area contributed by atoms with Gasteiger partial charge in [0.25, 0.3) is 0 Å². The van der Waals surface area contributed by atoms with E-state index in [0.717, 1.165) is 5.69 Å². The van der Waals surface area contributed by atoms with Gasteiger partial charge < -0.3 is 14.8 Å². The van der Waals surface area contributed by atoms with Crippen LogP contribution in [0.1, 0.15) is 11.1 Å². The molecule has 0 amide bonds. The number of benzene rings is 2. The monoisotopic (exact) mass is 270 g/mol. The molecule has 0 bridgehead atoms. The maximum Gasteiger partial charge on any atom is 0.231 e. The summed E-state index contributed by atoms with van der Waals surface area (Å²) >= 11 is 0. The van der Waals surface area contributed by atoms with Crippen molar-refractivity contribution in [2.24, 2.45) is 0 Å². The second-order valence-corrected chi connectivity index (χ2v) is 4.31. The molecule has 0 fully saturated rings. The maximum atomic E-state index is 13.9. The van der Waals surface area contributed by atoms with Gasteiger partial charge in [0.15, 0.2) is 11.5 Å². The fourth-order valence-electron chi connectivity index (χ4n) is 2.01. The van der Waals surface area contributed by atoms with E-state index in [-0.39, 0.29) is 12.4 Å². The number of ether oxygens (including phenoxy) is 2.